The molecule has 8 heteroatoms. The van der Waals surface area contributed by atoms with E-state index in [1.165, 1.54) is 13.2 Å². The summed E-state index contributed by atoms with van der Waals surface area (Å²) in [6.07, 6.45) is 1.47. The van der Waals surface area contributed by atoms with E-state index in [0.717, 1.165) is 10.0 Å². The minimum atomic E-state index is -0.421. The number of aromatic nitrogens is 2. The number of carbonyl (C=O) groups is 2. The van der Waals surface area contributed by atoms with Crippen molar-refractivity contribution in [3.05, 3.63) is 76.0 Å². The van der Waals surface area contributed by atoms with Crippen LogP contribution in [0.4, 0.5) is 5.82 Å². The van der Waals surface area contributed by atoms with Crippen LogP contribution in [0.3, 0.4) is 0 Å². The molecule has 0 bridgehead atoms. The van der Waals surface area contributed by atoms with E-state index >= 15 is 0 Å². The molecule has 0 aliphatic rings. The molecule has 0 fully saturated rings. The standard InChI is InChI=1S/C20H18BrN5O2/c1-23-20(28)17-18(22)24-11-16(26-17)13-3-2-4-14(9-13)19(27)25-10-12-5-7-15(21)8-6-12/h2-9,11H,10H2,1H3,(H2,22,24)(H,23,28)(H,25,27). The Kier molecular flexibility index (Phi) is 6.00. The van der Waals surface area contributed by atoms with E-state index in [4.69, 9.17) is 5.73 Å². The first-order chi connectivity index (χ1) is 13.5. The van der Waals surface area contributed by atoms with Gasteiger partial charge >= 0.3 is 0 Å². The second kappa shape index (κ2) is 8.62. The molecule has 7 nitrogen and oxygen atoms in total. The van der Waals surface area contributed by atoms with Gasteiger partial charge in [0, 0.05) is 29.2 Å². The Labute approximate surface area is 170 Å². The number of anilines is 1. The molecule has 4 N–H and O–H groups in total. The Bertz CT molecular complexity index is 1020. The Balaban J connectivity index is 1.79. The lowest BCUT2D eigenvalue weighted by Gasteiger charge is -2.09. The van der Waals surface area contributed by atoms with Crippen molar-refractivity contribution in [2.75, 3.05) is 12.8 Å². The fraction of sp³-hybridized carbons (Fsp3) is 0.100. The molecule has 0 atom stereocenters. The topological polar surface area (TPSA) is 110 Å². The third-order valence-electron chi connectivity index (χ3n) is 4.03. The smallest absolute Gasteiger partial charge is 0.273 e. The predicted octanol–water partition coefficient (Wildman–Crippen LogP) is 2.78. The van der Waals surface area contributed by atoms with Gasteiger partial charge in [0.05, 0.1) is 11.9 Å². The number of hydrogen-bond donors (Lipinski definition) is 3. The van der Waals surface area contributed by atoms with Crippen LogP contribution in [0.15, 0.2) is 59.2 Å². The van der Waals surface area contributed by atoms with Crippen molar-refractivity contribution in [1.29, 1.82) is 0 Å². The van der Waals surface area contributed by atoms with Crippen LogP contribution in [0.5, 0.6) is 0 Å². The van der Waals surface area contributed by atoms with Crippen molar-refractivity contribution in [3.8, 4) is 11.3 Å². The van der Waals surface area contributed by atoms with Crippen molar-refractivity contribution in [1.82, 2.24) is 20.6 Å². The van der Waals surface area contributed by atoms with E-state index in [0.29, 0.717) is 23.4 Å². The van der Waals surface area contributed by atoms with E-state index in [9.17, 15) is 9.59 Å². The maximum atomic E-state index is 12.5. The summed E-state index contributed by atoms with van der Waals surface area (Å²) in [6.45, 7) is 0.416. The van der Waals surface area contributed by atoms with Crippen LogP contribution in [0.25, 0.3) is 11.3 Å². The lowest BCUT2D eigenvalue weighted by molar-refractivity contribution is 0.0945. The van der Waals surface area contributed by atoms with Gasteiger partial charge in [-0.2, -0.15) is 0 Å². The van der Waals surface area contributed by atoms with Gasteiger partial charge in [0.2, 0.25) is 0 Å². The Morgan fingerprint density at radius 2 is 1.86 bits per heavy atom. The quantitative estimate of drug-likeness (QED) is 0.565. The fourth-order valence-electron chi connectivity index (χ4n) is 2.53. The monoisotopic (exact) mass is 439 g/mol. The number of nitrogens with two attached hydrogens (primary N) is 1. The van der Waals surface area contributed by atoms with Crippen molar-refractivity contribution in [3.63, 3.8) is 0 Å². The first-order valence-corrected chi connectivity index (χ1v) is 9.25. The number of rotatable bonds is 5. The van der Waals surface area contributed by atoms with Crippen LogP contribution in [0, 0.1) is 0 Å². The van der Waals surface area contributed by atoms with Gasteiger partial charge in [-0.3, -0.25) is 9.59 Å². The number of benzene rings is 2. The minimum absolute atomic E-state index is 0.0464. The number of carbonyl (C=O) groups excluding carboxylic acids is 2. The Morgan fingerprint density at radius 1 is 1.11 bits per heavy atom. The fourth-order valence-corrected chi connectivity index (χ4v) is 2.79. The summed E-state index contributed by atoms with van der Waals surface area (Å²) in [6, 6.07) is 14.7. The van der Waals surface area contributed by atoms with Crippen LogP contribution >= 0.6 is 15.9 Å². The largest absolute Gasteiger partial charge is 0.382 e. The highest BCUT2D eigenvalue weighted by atomic mass is 79.9. The molecule has 3 rings (SSSR count). The summed E-state index contributed by atoms with van der Waals surface area (Å²) in [5, 5.41) is 5.36. The van der Waals surface area contributed by atoms with Crippen molar-refractivity contribution in [2.24, 2.45) is 0 Å². The molecule has 28 heavy (non-hydrogen) atoms. The molecule has 1 heterocycles. The van der Waals surface area contributed by atoms with Gasteiger partial charge < -0.3 is 16.4 Å². The molecule has 0 unspecified atom stereocenters. The predicted molar refractivity (Wildman–Crippen MR) is 111 cm³/mol. The molecule has 1 aromatic heterocycles. The lowest BCUT2D eigenvalue weighted by atomic mass is 10.1. The van der Waals surface area contributed by atoms with Crippen LogP contribution < -0.4 is 16.4 Å². The SMILES string of the molecule is CNC(=O)c1nc(-c2cccc(C(=O)NCc3ccc(Br)cc3)c2)cnc1N. The molecule has 3 aromatic rings. The van der Waals surface area contributed by atoms with Crippen LogP contribution in [-0.4, -0.2) is 28.8 Å². The summed E-state index contributed by atoms with van der Waals surface area (Å²) in [4.78, 5) is 32.7. The van der Waals surface area contributed by atoms with Crippen molar-refractivity contribution >= 4 is 33.6 Å². The lowest BCUT2D eigenvalue weighted by Crippen LogP contribution is -2.23. The summed E-state index contributed by atoms with van der Waals surface area (Å²) in [5.74, 6) is -0.582. The number of amides is 2. The average Bonchev–Trinajstić information content (AvgIpc) is 2.73. The third-order valence-corrected chi connectivity index (χ3v) is 4.56. The minimum Gasteiger partial charge on any atom is -0.382 e. The van der Waals surface area contributed by atoms with Gasteiger partial charge in [0.25, 0.3) is 11.8 Å². The Hall–Kier alpha value is -3.26. The Morgan fingerprint density at radius 3 is 2.57 bits per heavy atom. The van der Waals surface area contributed by atoms with E-state index in [-0.39, 0.29) is 17.4 Å². The highest BCUT2D eigenvalue weighted by molar-refractivity contribution is 9.10. The molecular formula is C20H18BrN5O2. The molecule has 0 spiro atoms. The van der Waals surface area contributed by atoms with Crippen molar-refractivity contribution in [2.45, 2.75) is 6.54 Å². The average molecular weight is 440 g/mol. The molecule has 0 aliphatic heterocycles. The molecule has 2 amide bonds. The van der Waals surface area contributed by atoms with Gasteiger partial charge in [-0.15, -0.1) is 0 Å². The molecule has 142 valence electrons. The molecular weight excluding hydrogens is 422 g/mol. The maximum absolute atomic E-state index is 12.5. The number of nitrogens with one attached hydrogen (secondary N) is 2. The third kappa shape index (κ3) is 4.52. The zero-order valence-electron chi connectivity index (χ0n) is 15.1. The summed E-state index contributed by atoms with van der Waals surface area (Å²) in [7, 11) is 1.49. The number of nitrogen functional groups attached to an aromatic ring is 1. The van der Waals surface area contributed by atoms with E-state index in [1.54, 1.807) is 24.3 Å². The summed E-state index contributed by atoms with van der Waals surface area (Å²) < 4.78 is 0.982. The highest BCUT2D eigenvalue weighted by Crippen LogP contribution is 2.20. The second-order valence-electron chi connectivity index (χ2n) is 5.96. The van der Waals surface area contributed by atoms with Gasteiger partial charge in [0.1, 0.15) is 0 Å². The highest BCUT2D eigenvalue weighted by Gasteiger charge is 2.14. The molecule has 0 aliphatic carbocycles. The van der Waals surface area contributed by atoms with Gasteiger partial charge in [0.15, 0.2) is 11.5 Å². The normalized spacial score (nSPS) is 10.4. The van der Waals surface area contributed by atoms with Crippen LogP contribution in [-0.2, 0) is 6.54 Å². The number of nitrogens with zero attached hydrogens (tertiary/aromatic N) is 2. The van der Waals surface area contributed by atoms with Gasteiger partial charge in [-0.05, 0) is 29.8 Å². The first kappa shape index (κ1) is 19.5. The summed E-state index contributed by atoms with van der Waals surface area (Å²) >= 11 is 3.38. The number of hydrogen-bond acceptors (Lipinski definition) is 5. The first-order valence-electron chi connectivity index (χ1n) is 8.45. The molecule has 0 saturated carbocycles. The van der Waals surface area contributed by atoms with E-state index in [2.05, 4.69) is 36.5 Å². The van der Waals surface area contributed by atoms with Gasteiger partial charge in [-0.25, -0.2) is 9.97 Å². The van der Waals surface area contributed by atoms with E-state index < -0.39 is 5.91 Å². The molecule has 0 saturated heterocycles. The number of halogens is 1. The molecule has 0 radical (unpaired) electrons. The second-order valence-corrected chi connectivity index (χ2v) is 6.87. The van der Waals surface area contributed by atoms with E-state index in [1.807, 2.05) is 24.3 Å². The van der Waals surface area contributed by atoms with Gasteiger partial charge in [-0.1, -0.05) is 40.2 Å². The zero-order valence-corrected chi connectivity index (χ0v) is 16.7. The van der Waals surface area contributed by atoms with Crippen LogP contribution in [0.1, 0.15) is 26.4 Å². The molecule has 2 aromatic carbocycles. The van der Waals surface area contributed by atoms with Crippen LogP contribution in [0.2, 0.25) is 0 Å². The zero-order chi connectivity index (χ0) is 20.1. The van der Waals surface area contributed by atoms with Crippen molar-refractivity contribution < 1.29 is 9.59 Å². The summed E-state index contributed by atoms with van der Waals surface area (Å²) in [5.41, 5.74) is 8.36. The maximum Gasteiger partial charge on any atom is 0.273 e.